The van der Waals surface area contributed by atoms with Gasteiger partial charge >= 0.3 is 0 Å². The zero-order valence-corrected chi connectivity index (χ0v) is 13.3. The lowest BCUT2D eigenvalue weighted by atomic mass is 10.1. The van der Waals surface area contributed by atoms with Crippen LogP contribution in [0.15, 0.2) is 40.9 Å². The van der Waals surface area contributed by atoms with Crippen LogP contribution in [0.5, 0.6) is 0 Å². The lowest BCUT2D eigenvalue weighted by Crippen LogP contribution is -2.14. The Kier molecular flexibility index (Phi) is 4.41. The molecular weight excluding hydrogens is 426 g/mol. The largest absolute Gasteiger partial charge is 0.396 e. The minimum absolute atomic E-state index is 0.0592. The Labute approximate surface area is 131 Å². The summed E-state index contributed by atoms with van der Waals surface area (Å²) in [6, 6.07) is 9.87. The van der Waals surface area contributed by atoms with E-state index in [9.17, 15) is 9.18 Å². The van der Waals surface area contributed by atoms with Crippen LogP contribution < -0.4 is 11.1 Å². The predicted octanol–water partition coefficient (Wildman–Crippen LogP) is 4.03. The summed E-state index contributed by atoms with van der Waals surface area (Å²) >= 11 is 5.28. The molecule has 1 amide bonds. The first kappa shape index (κ1) is 14.3. The van der Waals surface area contributed by atoms with Gasteiger partial charge < -0.3 is 11.1 Å². The number of carbonyl (C=O) groups is 1. The second-order valence-electron chi connectivity index (χ2n) is 3.79. The Morgan fingerprint density at radius 1 is 1.32 bits per heavy atom. The smallest absolute Gasteiger partial charge is 0.256 e. The van der Waals surface area contributed by atoms with Gasteiger partial charge in [-0.3, -0.25) is 4.79 Å². The van der Waals surface area contributed by atoms with Crippen molar-refractivity contribution in [3.05, 3.63) is 55.8 Å². The van der Waals surface area contributed by atoms with Gasteiger partial charge in [0.25, 0.3) is 5.91 Å². The standard InChI is InChI=1S/C13H9BrFIN2O/c14-8-6-9(15)11(17)5-7(8)13(19)18-12-4-2-1-3-10(12)16/h1-6H,17H2,(H,18,19). The van der Waals surface area contributed by atoms with E-state index in [2.05, 4.69) is 43.8 Å². The molecule has 0 aliphatic rings. The van der Waals surface area contributed by atoms with Crippen LogP contribution in [0.4, 0.5) is 15.8 Å². The minimum atomic E-state index is -0.558. The van der Waals surface area contributed by atoms with Gasteiger partial charge in [-0.05, 0) is 62.8 Å². The number of para-hydroxylation sites is 1. The first-order chi connectivity index (χ1) is 8.99. The fraction of sp³-hybridized carbons (Fsp3) is 0. The molecule has 2 aromatic rings. The third-order valence-corrected chi connectivity index (χ3v) is 4.05. The summed E-state index contributed by atoms with van der Waals surface area (Å²) in [5.74, 6) is -0.902. The fourth-order valence-electron chi connectivity index (χ4n) is 1.49. The number of anilines is 2. The zero-order valence-electron chi connectivity index (χ0n) is 9.58. The van der Waals surface area contributed by atoms with E-state index in [0.717, 1.165) is 3.57 Å². The van der Waals surface area contributed by atoms with E-state index in [4.69, 9.17) is 5.73 Å². The predicted molar refractivity (Wildman–Crippen MR) is 85.6 cm³/mol. The molecule has 0 saturated heterocycles. The first-order valence-corrected chi connectivity index (χ1v) is 7.16. The average Bonchev–Trinajstić information content (AvgIpc) is 2.36. The Morgan fingerprint density at radius 2 is 2.00 bits per heavy atom. The van der Waals surface area contributed by atoms with Gasteiger partial charge in [-0.1, -0.05) is 12.1 Å². The lowest BCUT2D eigenvalue weighted by Gasteiger charge is -2.09. The molecule has 6 heteroatoms. The number of nitrogens with one attached hydrogen (secondary N) is 1. The highest BCUT2D eigenvalue weighted by Crippen LogP contribution is 2.25. The first-order valence-electron chi connectivity index (χ1n) is 5.29. The van der Waals surface area contributed by atoms with Crippen LogP contribution in [0.3, 0.4) is 0 Å². The van der Waals surface area contributed by atoms with Crippen molar-refractivity contribution in [2.45, 2.75) is 0 Å². The third kappa shape index (κ3) is 3.24. The topological polar surface area (TPSA) is 55.1 Å². The van der Waals surface area contributed by atoms with E-state index < -0.39 is 5.82 Å². The van der Waals surface area contributed by atoms with Gasteiger partial charge in [-0.15, -0.1) is 0 Å². The molecule has 0 aromatic heterocycles. The van der Waals surface area contributed by atoms with Crippen molar-refractivity contribution >= 4 is 55.8 Å². The second-order valence-corrected chi connectivity index (χ2v) is 5.80. The van der Waals surface area contributed by atoms with Gasteiger partial charge in [0.05, 0.1) is 16.9 Å². The van der Waals surface area contributed by atoms with Crippen LogP contribution >= 0.6 is 38.5 Å². The highest BCUT2D eigenvalue weighted by Gasteiger charge is 2.14. The van der Waals surface area contributed by atoms with Gasteiger partial charge in [0, 0.05) is 8.04 Å². The molecule has 3 nitrogen and oxygen atoms in total. The molecule has 0 saturated carbocycles. The Morgan fingerprint density at radius 3 is 2.68 bits per heavy atom. The maximum Gasteiger partial charge on any atom is 0.256 e. The maximum absolute atomic E-state index is 13.2. The molecule has 0 atom stereocenters. The Balaban J connectivity index is 2.31. The molecule has 98 valence electrons. The van der Waals surface area contributed by atoms with Crippen molar-refractivity contribution in [2.24, 2.45) is 0 Å². The van der Waals surface area contributed by atoms with E-state index in [0.29, 0.717) is 15.7 Å². The number of benzene rings is 2. The third-order valence-electron chi connectivity index (χ3n) is 2.45. The molecule has 2 aromatic carbocycles. The van der Waals surface area contributed by atoms with Crippen molar-refractivity contribution in [3.8, 4) is 0 Å². The van der Waals surface area contributed by atoms with Crippen LogP contribution in [0.1, 0.15) is 10.4 Å². The van der Waals surface area contributed by atoms with Crippen LogP contribution in [0, 0.1) is 9.39 Å². The van der Waals surface area contributed by atoms with Gasteiger partial charge in [0.1, 0.15) is 5.82 Å². The number of carbonyl (C=O) groups excluding carboxylic acids is 1. The average molecular weight is 435 g/mol. The fourth-order valence-corrected chi connectivity index (χ4v) is 2.51. The van der Waals surface area contributed by atoms with Crippen LogP contribution in [-0.2, 0) is 0 Å². The normalized spacial score (nSPS) is 10.3. The monoisotopic (exact) mass is 434 g/mol. The molecule has 19 heavy (non-hydrogen) atoms. The highest BCUT2D eigenvalue weighted by atomic mass is 127. The van der Waals surface area contributed by atoms with E-state index in [-0.39, 0.29) is 11.6 Å². The highest BCUT2D eigenvalue weighted by molar-refractivity contribution is 14.1. The molecule has 0 unspecified atom stereocenters. The van der Waals surface area contributed by atoms with Crippen molar-refractivity contribution < 1.29 is 9.18 Å². The summed E-state index contributed by atoms with van der Waals surface area (Å²) in [5.41, 5.74) is 6.40. The molecule has 0 bridgehead atoms. The molecule has 0 spiro atoms. The number of halogens is 3. The van der Waals surface area contributed by atoms with Crippen molar-refractivity contribution in [1.82, 2.24) is 0 Å². The van der Waals surface area contributed by atoms with E-state index in [1.165, 1.54) is 12.1 Å². The summed E-state index contributed by atoms with van der Waals surface area (Å²) in [7, 11) is 0. The summed E-state index contributed by atoms with van der Waals surface area (Å²) in [5, 5.41) is 2.76. The minimum Gasteiger partial charge on any atom is -0.396 e. The van der Waals surface area contributed by atoms with Crippen molar-refractivity contribution in [1.29, 1.82) is 0 Å². The molecule has 0 aliphatic carbocycles. The maximum atomic E-state index is 13.2. The molecule has 0 heterocycles. The zero-order chi connectivity index (χ0) is 14.0. The SMILES string of the molecule is Nc1cc(C(=O)Nc2ccccc2I)c(Br)cc1F. The van der Waals surface area contributed by atoms with Gasteiger partial charge in [-0.2, -0.15) is 0 Å². The molecule has 3 N–H and O–H groups in total. The lowest BCUT2D eigenvalue weighted by molar-refractivity contribution is 0.102. The van der Waals surface area contributed by atoms with Crippen LogP contribution in [0.25, 0.3) is 0 Å². The van der Waals surface area contributed by atoms with Crippen LogP contribution in [-0.4, -0.2) is 5.91 Å². The van der Waals surface area contributed by atoms with Gasteiger partial charge in [0.15, 0.2) is 0 Å². The summed E-state index contributed by atoms with van der Waals surface area (Å²) in [6.07, 6.45) is 0. The molecule has 0 radical (unpaired) electrons. The van der Waals surface area contributed by atoms with Gasteiger partial charge in [0.2, 0.25) is 0 Å². The van der Waals surface area contributed by atoms with Crippen molar-refractivity contribution in [2.75, 3.05) is 11.1 Å². The van der Waals surface area contributed by atoms with E-state index in [1.807, 2.05) is 18.2 Å². The van der Waals surface area contributed by atoms with Gasteiger partial charge in [-0.25, -0.2) is 4.39 Å². The molecule has 0 fully saturated rings. The van der Waals surface area contributed by atoms with E-state index >= 15 is 0 Å². The number of nitrogen functional groups attached to an aromatic ring is 1. The summed E-state index contributed by atoms with van der Waals surface area (Å²) < 4.78 is 14.5. The number of nitrogens with two attached hydrogens (primary N) is 1. The molecule has 0 aliphatic heterocycles. The number of amides is 1. The van der Waals surface area contributed by atoms with Crippen LogP contribution in [0.2, 0.25) is 0 Å². The molecular formula is C13H9BrFIN2O. The Bertz CT molecular complexity index is 649. The quantitative estimate of drug-likeness (QED) is 0.553. The number of rotatable bonds is 2. The second kappa shape index (κ2) is 5.87. The molecule has 2 rings (SSSR count). The summed E-state index contributed by atoms with van der Waals surface area (Å²) in [4.78, 5) is 12.1. The van der Waals surface area contributed by atoms with E-state index in [1.54, 1.807) is 6.07 Å². The van der Waals surface area contributed by atoms with Crippen molar-refractivity contribution in [3.63, 3.8) is 0 Å². The Hall–Kier alpha value is -1.15. The number of hydrogen-bond acceptors (Lipinski definition) is 2. The summed E-state index contributed by atoms with van der Waals surface area (Å²) in [6.45, 7) is 0. The number of hydrogen-bond donors (Lipinski definition) is 2.